The van der Waals surface area contributed by atoms with Crippen molar-refractivity contribution in [1.29, 1.82) is 0 Å². The highest BCUT2D eigenvalue weighted by Gasteiger charge is 2.38. The van der Waals surface area contributed by atoms with Crippen LogP contribution in [0.4, 0.5) is 14.5 Å². The number of nitrogens with zero attached hydrogens (tertiary/aromatic N) is 4. The minimum Gasteiger partial charge on any atom is -0.352 e. The zero-order valence-electron chi connectivity index (χ0n) is 23.3. The molecule has 0 unspecified atom stereocenters. The average Bonchev–Trinajstić information content (AvgIpc) is 3.34. The summed E-state index contributed by atoms with van der Waals surface area (Å²) >= 11 is 0. The van der Waals surface area contributed by atoms with Crippen molar-refractivity contribution in [2.45, 2.75) is 51.5 Å². The third kappa shape index (κ3) is 5.26. The van der Waals surface area contributed by atoms with Crippen molar-refractivity contribution >= 4 is 17.0 Å². The van der Waals surface area contributed by atoms with Crippen LogP contribution in [-0.4, -0.2) is 46.1 Å². The van der Waals surface area contributed by atoms with E-state index in [4.69, 9.17) is 9.98 Å². The summed E-state index contributed by atoms with van der Waals surface area (Å²) in [5, 5.41) is 3.63. The number of anilines is 1. The second-order valence-electron chi connectivity index (χ2n) is 11.6. The van der Waals surface area contributed by atoms with Crippen molar-refractivity contribution in [2.24, 2.45) is 4.99 Å². The standard InChI is InChI=1S/C34H33F2N5/c1-22-5-7-24(8-6-22)28-18-37-19-31-27(28)10-12-30(39-31)33-32-25(13-15-38-33)9-11-29(40-32)26-4-2-3-23(17-26)20-41-16-14-34(35,36)21-41/h2-5,7,9,11-12,17-19,39H,6,8,10,13-16,20-21H2,1H3. The van der Waals surface area contributed by atoms with Crippen molar-refractivity contribution in [3.05, 3.63) is 106 Å². The summed E-state index contributed by atoms with van der Waals surface area (Å²) in [6, 6.07) is 12.3. The molecule has 1 N–H and O–H groups in total. The molecule has 2 aromatic heterocycles. The summed E-state index contributed by atoms with van der Waals surface area (Å²) in [4.78, 5) is 16.4. The van der Waals surface area contributed by atoms with Crippen LogP contribution in [0.25, 0.3) is 16.8 Å². The smallest absolute Gasteiger partial charge is 0.261 e. The molecule has 0 amide bonds. The van der Waals surface area contributed by atoms with E-state index in [0.29, 0.717) is 13.1 Å². The van der Waals surface area contributed by atoms with Crippen LogP contribution in [0.5, 0.6) is 0 Å². The number of allylic oxidation sites excluding steroid dienone is 6. The fraction of sp³-hybridized carbons (Fsp3) is 0.324. The van der Waals surface area contributed by atoms with Crippen LogP contribution in [0, 0.1) is 0 Å². The molecule has 0 saturated carbocycles. The van der Waals surface area contributed by atoms with E-state index in [1.807, 2.05) is 35.5 Å². The topological polar surface area (TPSA) is 53.4 Å². The Kier molecular flexibility index (Phi) is 6.62. The van der Waals surface area contributed by atoms with Crippen LogP contribution in [0.15, 0.2) is 83.3 Å². The number of hydrogen-bond acceptors (Lipinski definition) is 5. The predicted molar refractivity (Wildman–Crippen MR) is 160 cm³/mol. The van der Waals surface area contributed by atoms with Gasteiger partial charge in [-0.25, -0.2) is 13.8 Å². The van der Waals surface area contributed by atoms with Crippen molar-refractivity contribution in [3.63, 3.8) is 0 Å². The molecule has 0 spiro atoms. The summed E-state index contributed by atoms with van der Waals surface area (Å²) in [7, 11) is 0. The molecular weight excluding hydrogens is 516 g/mol. The number of aromatic nitrogens is 2. The van der Waals surface area contributed by atoms with Gasteiger partial charge in [0.15, 0.2) is 0 Å². The first-order valence-electron chi connectivity index (χ1n) is 14.5. The molecule has 208 valence electrons. The molecule has 7 rings (SSSR count). The number of hydrogen-bond donors (Lipinski definition) is 1. The first-order chi connectivity index (χ1) is 19.9. The van der Waals surface area contributed by atoms with Gasteiger partial charge < -0.3 is 5.32 Å². The molecule has 7 heteroatoms. The van der Waals surface area contributed by atoms with Crippen LogP contribution in [0.2, 0.25) is 0 Å². The SMILES string of the molecule is CC1=CC=C(c2cncc3c2CC=C(C2=NCCc4ccc(-c5cccc(CN6CCC(F)(F)C6)c5)nc42)N3)CC1. The van der Waals surface area contributed by atoms with Crippen molar-refractivity contribution < 1.29 is 8.78 Å². The monoisotopic (exact) mass is 549 g/mol. The van der Waals surface area contributed by atoms with E-state index in [2.05, 4.69) is 53.7 Å². The number of alkyl halides is 2. The van der Waals surface area contributed by atoms with Gasteiger partial charge in [-0.15, -0.1) is 0 Å². The highest BCUT2D eigenvalue weighted by Crippen LogP contribution is 2.35. The Hall–Kier alpha value is -3.97. The molecule has 1 fully saturated rings. The Morgan fingerprint density at radius 3 is 2.80 bits per heavy atom. The van der Waals surface area contributed by atoms with Gasteiger partial charge in [0.25, 0.3) is 5.92 Å². The van der Waals surface area contributed by atoms with Crippen LogP contribution in [-0.2, 0) is 19.4 Å². The second kappa shape index (κ2) is 10.5. The van der Waals surface area contributed by atoms with Crippen LogP contribution in [0.1, 0.15) is 54.1 Å². The van der Waals surface area contributed by atoms with Gasteiger partial charge in [-0.05, 0) is 67.0 Å². The number of aliphatic imine (C=N–C) groups is 1. The lowest BCUT2D eigenvalue weighted by atomic mass is 9.89. The van der Waals surface area contributed by atoms with E-state index in [0.717, 1.165) is 71.8 Å². The number of halogens is 2. The number of benzene rings is 1. The number of likely N-dealkylation sites (tertiary alicyclic amines) is 1. The quantitative estimate of drug-likeness (QED) is 0.372. The molecule has 1 aromatic carbocycles. The molecule has 1 saturated heterocycles. The van der Waals surface area contributed by atoms with Crippen molar-refractivity contribution in [1.82, 2.24) is 14.9 Å². The van der Waals surface area contributed by atoms with E-state index in [1.165, 1.54) is 27.8 Å². The highest BCUT2D eigenvalue weighted by atomic mass is 19.3. The zero-order valence-corrected chi connectivity index (χ0v) is 23.3. The van der Waals surface area contributed by atoms with E-state index < -0.39 is 5.92 Å². The fourth-order valence-electron chi connectivity index (χ4n) is 6.27. The third-order valence-corrected chi connectivity index (χ3v) is 8.53. The Bertz CT molecular complexity index is 1650. The highest BCUT2D eigenvalue weighted by molar-refractivity contribution is 6.15. The molecule has 3 aliphatic heterocycles. The summed E-state index contributed by atoms with van der Waals surface area (Å²) in [6.07, 6.45) is 14.3. The average molecular weight is 550 g/mol. The first-order valence-corrected chi connectivity index (χ1v) is 14.5. The Labute approximate surface area is 239 Å². The summed E-state index contributed by atoms with van der Waals surface area (Å²) in [5.74, 6) is -2.59. The van der Waals surface area contributed by atoms with Gasteiger partial charge >= 0.3 is 0 Å². The molecule has 41 heavy (non-hydrogen) atoms. The van der Waals surface area contributed by atoms with Crippen LogP contribution in [0.3, 0.4) is 0 Å². The maximum Gasteiger partial charge on any atom is 0.261 e. The normalized spacial score (nSPS) is 19.8. The molecule has 5 heterocycles. The van der Waals surface area contributed by atoms with Gasteiger partial charge in [0, 0.05) is 43.4 Å². The third-order valence-electron chi connectivity index (χ3n) is 8.53. The minimum absolute atomic E-state index is 0.0676. The number of pyridine rings is 2. The lowest BCUT2D eigenvalue weighted by molar-refractivity contribution is 0.0115. The van der Waals surface area contributed by atoms with Gasteiger partial charge in [0.2, 0.25) is 0 Å². The van der Waals surface area contributed by atoms with Crippen LogP contribution >= 0.6 is 0 Å². The van der Waals surface area contributed by atoms with Gasteiger partial charge in [-0.1, -0.05) is 48.1 Å². The molecule has 3 aromatic rings. The van der Waals surface area contributed by atoms with Crippen LogP contribution < -0.4 is 5.32 Å². The fourth-order valence-corrected chi connectivity index (χ4v) is 6.27. The molecule has 0 radical (unpaired) electrons. The van der Waals surface area contributed by atoms with Crippen molar-refractivity contribution in [3.8, 4) is 11.3 Å². The van der Waals surface area contributed by atoms with E-state index in [1.54, 1.807) is 0 Å². The predicted octanol–water partition coefficient (Wildman–Crippen LogP) is 7.01. The van der Waals surface area contributed by atoms with E-state index in [-0.39, 0.29) is 13.0 Å². The van der Waals surface area contributed by atoms with E-state index >= 15 is 0 Å². The lowest BCUT2D eigenvalue weighted by Gasteiger charge is -2.26. The maximum absolute atomic E-state index is 13.7. The summed E-state index contributed by atoms with van der Waals surface area (Å²) < 4.78 is 27.4. The molecule has 4 aliphatic rings. The van der Waals surface area contributed by atoms with E-state index in [9.17, 15) is 8.78 Å². The molecule has 1 aliphatic carbocycles. The molecule has 0 atom stereocenters. The van der Waals surface area contributed by atoms with Gasteiger partial charge in [-0.3, -0.25) is 14.9 Å². The Morgan fingerprint density at radius 1 is 1.05 bits per heavy atom. The number of nitrogens with one attached hydrogen (secondary N) is 1. The maximum atomic E-state index is 13.7. The zero-order chi connectivity index (χ0) is 28.0. The van der Waals surface area contributed by atoms with Gasteiger partial charge in [0.05, 0.1) is 35.5 Å². The summed E-state index contributed by atoms with van der Waals surface area (Å²) in [6.45, 7) is 3.66. The van der Waals surface area contributed by atoms with Gasteiger partial charge in [-0.2, -0.15) is 0 Å². The summed E-state index contributed by atoms with van der Waals surface area (Å²) in [5.41, 5.74) is 13.1. The second-order valence-corrected chi connectivity index (χ2v) is 11.6. The molecule has 0 bridgehead atoms. The largest absolute Gasteiger partial charge is 0.352 e. The van der Waals surface area contributed by atoms with Crippen molar-refractivity contribution in [2.75, 3.05) is 25.0 Å². The molecule has 5 nitrogen and oxygen atoms in total. The van der Waals surface area contributed by atoms with Gasteiger partial charge in [0.1, 0.15) is 5.71 Å². The first kappa shape index (κ1) is 26.0. The lowest BCUT2D eigenvalue weighted by Crippen LogP contribution is -2.24. The molecular formula is C34H33F2N5. The minimum atomic E-state index is -2.59. The Balaban J connectivity index is 1.15. The number of rotatable bonds is 5. The number of fused-ring (bicyclic) bond motifs is 2. The Morgan fingerprint density at radius 2 is 1.98 bits per heavy atom.